The molecule has 3 atom stereocenters. The monoisotopic (exact) mass is 597 g/mol. The van der Waals surface area contributed by atoms with Gasteiger partial charge in [-0.1, -0.05) is 23.3 Å². The van der Waals surface area contributed by atoms with Gasteiger partial charge in [0.25, 0.3) is 11.8 Å². The van der Waals surface area contributed by atoms with Crippen LogP contribution < -0.4 is 10.1 Å². The van der Waals surface area contributed by atoms with E-state index >= 15 is 0 Å². The third-order valence-corrected chi connectivity index (χ3v) is 7.06. The molecular weight excluding hydrogens is 561 g/mol. The summed E-state index contributed by atoms with van der Waals surface area (Å²) in [5, 5.41) is 6.13. The normalized spacial score (nSPS) is 18.3. The average Bonchev–Trinajstić information content (AvgIpc) is 3.57. The van der Waals surface area contributed by atoms with E-state index in [9.17, 15) is 18.8 Å². The summed E-state index contributed by atoms with van der Waals surface area (Å²) in [7, 11) is 0. The van der Waals surface area contributed by atoms with E-state index in [0.717, 1.165) is 6.42 Å². The van der Waals surface area contributed by atoms with Crippen molar-refractivity contribution in [3.8, 4) is 5.75 Å². The molecule has 12 nitrogen and oxygen atoms in total. The topological polar surface area (TPSA) is 152 Å². The predicted octanol–water partition coefficient (Wildman–Crippen LogP) is 5.04. The van der Waals surface area contributed by atoms with Crippen molar-refractivity contribution in [2.75, 3.05) is 32.9 Å². The number of fused-ring (bicyclic) bond motifs is 1. The summed E-state index contributed by atoms with van der Waals surface area (Å²) >= 11 is 0. The number of amides is 3. The van der Waals surface area contributed by atoms with Gasteiger partial charge in [0.15, 0.2) is 17.9 Å². The molecule has 1 N–H and O–H groups in total. The summed E-state index contributed by atoms with van der Waals surface area (Å²) in [6.07, 6.45) is 2.19. The lowest BCUT2D eigenvalue weighted by Gasteiger charge is -2.16. The molecule has 1 saturated heterocycles. The Morgan fingerprint density at radius 2 is 1.91 bits per heavy atom. The first-order valence-corrected chi connectivity index (χ1v) is 14.4. The first kappa shape index (κ1) is 31.9. The van der Waals surface area contributed by atoms with Gasteiger partial charge in [0.2, 0.25) is 5.91 Å². The zero-order chi connectivity index (χ0) is 30.6. The molecule has 230 valence electrons. The molecule has 2 aromatic rings. The van der Waals surface area contributed by atoms with E-state index < -0.39 is 18.3 Å². The van der Waals surface area contributed by atoms with E-state index in [2.05, 4.69) is 15.3 Å². The van der Waals surface area contributed by atoms with Gasteiger partial charge in [-0.15, -0.1) is 0 Å². The van der Waals surface area contributed by atoms with Gasteiger partial charge in [-0.05, 0) is 68.8 Å². The van der Waals surface area contributed by atoms with Crippen molar-refractivity contribution in [1.82, 2.24) is 10.2 Å². The number of halogens is 1. The van der Waals surface area contributed by atoms with Crippen LogP contribution in [-0.4, -0.2) is 67.9 Å². The van der Waals surface area contributed by atoms with Crippen LogP contribution in [0.25, 0.3) is 10.4 Å². The van der Waals surface area contributed by atoms with Crippen molar-refractivity contribution in [2.24, 2.45) is 5.11 Å². The molecule has 1 fully saturated rings. The second-order valence-electron chi connectivity index (χ2n) is 10.3. The fraction of sp³-hybridized carbons (Fsp3) is 0.500. The van der Waals surface area contributed by atoms with E-state index in [-0.39, 0.29) is 42.8 Å². The number of azide groups is 1. The van der Waals surface area contributed by atoms with Gasteiger partial charge in [0.1, 0.15) is 12.8 Å². The molecule has 2 aromatic carbocycles. The molecular formula is C30H36FN5O7. The van der Waals surface area contributed by atoms with Crippen molar-refractivity contribution in [2.45, 2.75) is 64.1 Å². The number of nitrogens with zero attached hydrogens (tertiary/aromatic N) is 4. The highest BCUT2D eigenvalue weighted by Gasteiger charge is 2.34. The van der Waals surface area contributed by atoms with Crippen LogP contribution in [-0.2, 0) is 19.0 Å². The summed E-state index contributed by atoms with van der Waals surface area (Å²) < 4.78 is 37.4. The zero-order valence-corrected chi connectivity index (χ0v) is 24.1. The van der Waals surface area contributed by atoms with Crippen molar-refractivity contribution in [1.29, 1.82) is 0 Å². The van der Waals surface area contributed by atoms with Gasteiger partial charge >= 0.3 is 0 Å². The maximum Gasteiger partial charge on any atom is 0.261 e. The second kappa shape index (κ2) is 16.0. The third-order valence-electron chi connectivity index (χ3n) is 7.06. The lowest BCUT2D eigenvalue weighted by atomic mass is 10.1. The standard InChI is InChI=1S/C30H36FN5O7/c1-20(34-27(37)11-4-6-14-33-35-32)40-16-17-41-26-13-12-21(18-25(26)31)30-42-19-22(43-30)8-5-7-15-36-28(38)23-9-2-3-10-24(23)29(36)39/h2-3,9-10,12-13,18,20,22,30H,4-8,11,14-17,19H2,1H3,(H,34,37). The molecule has 0 saturated carbocycles. The van der Waals surface area contributed by atoms with Crippen LogP contribution in [0.15, 0.2) is 47.6 Å². The Morgan fingerprint density at radius 1 is 1.14 bits per heavy atom. The van der Waals surface area contributed by atoms with E-state index in [4.69, 9.17) is 24.5 Å². The quantitative estimate of drug-likeness (QED) is 0.0669. The lowest BCUT2D eigenvalue weighted by molar-refractivity contribution is -0.125. The second-order valence-corrected chi connectivity index (χ2v) is 10.3. The highest BCUT2D eigenvalue weighted by atomic mass is 19.1. The number of unbranched alkanes of at least 4 members (excludes halogenated alkanes) is 2. The van der Waals surface area contributed by atoms with E-state index in [1.165, 1.54) is 17.0 Å². The predicted molar refractivity (Wildman–Crippen MR) is 153 cm³/mol. The highest BCUT2D eigenvalue weighted by Crippen LogP contribution is 2.31. The van der Waals surface area contributed by atoms with Crippen LogP contribution in [0.3, 0.4) is 0 Å². The van der Waals surface area contributed by atoms with E-state index in [1.807, 2.05) is 0 Å². The molecule has 0 spiro atoms. The van der Waals surface area contributed by atoms with Crippen LogP contribution in [0.1, 0.15) is 78.0 Å². The molecule has 2 heterocycles. The molecule has 3 amide bonds. The minimum Gasteiger partial charge on any atom is -0.488 e. The summed E-state index contributed by atoms with van der Waals surface area (Å²) in [6, 6.07) is 11.3. The number of nitrogens with one attached hydrogen (secondary N) is 1. The molecule has 0 aromatic heterocycles. The number of carbonyl (C=O) groups is 3. The molecule has 43 heavy (non-hydrogen) atoms. The Balaban J connectivity index is 1.10. The molecule has 2 aliphatic rings. The Labute approximate surface area is 249 Å². The summed E-state index contributed by atoms with van der Waals surface area (Å²) in [5.74, 6) is -1.18. The molecule has 0 radical (unpaired) electrons. The van der Waals surface area contributed by atoms with Gasteiger partial charge in [-0.25, -0.2) is 4.39 Å². The maximum atomic E-state index is 14.7. The largest absolute Gasteiger partial charge is 0.488 e. The van der Waals surface area contributed by atoms with E-state index in [1.54, 1.807) is 37.3 Å². The van der Waals surface area contributed by atoms with Crippen molar-refractivity contribution >= 4 is 17.7 Å². The van der Waals surface area contributed by atoms with Crippen LogP contribution in [0.4, 0.5) is 4.39 Å². The fourth-order valence-corrected chi connectivity index (χ4v) is 4.87. The molecule has 13 heteroatoms. The summed E-state index contributed by atoms with van der Waals surface area (Å²) in [4.78, 5) is 40.8. The Bertz CT molecular complexity index is 1300. The van der Waals surface area contributed by atoms with Gasteiger partial charge in [0, 0.05) is 30.0 Å². The number of hydrogen-bond acceptors (Lipinski definition) is 8. The van der Waals surface area contributed by atoms with Gasteiger partial charge in [0.05, 0.1) is 30.4 Å². The van der Waals surface area contributed by atoms with Crippen molar-refractivity contribution in [3.05, 3.63) is 75.4 Å². The first-order chi connectivity index (χ1) is 20.9. The molecule has 2 aliphatic heterocycles. The number of imide groups is 1. The van der Waals surface area contributed by atoms with Crippen molar-refractivity contribution in [3.63, 3.8) is 0 Å². The van der Waals surface area contributed by atoms with Gasteiger partial charge in [-0.3, -0.25) is 19.3 Å². The number of rotatable bonds is 17. The van der Waals surface area contributed by atoms with Crippen LogP contribution in [0, 0.1) is 5.82 Å². The smallest absolute Gasteiger partial charge is 0.261 e. The van der Waals surface area contributed by atoms with Gasteiger partial charge in [-0.2, -0.15) is 0 Å². The maximum absolute atomic E-state index is 14.7. The van der Waals surface area contributed by atoms with Crippen LogP contribution >= 0.6 is 0 Å². The minimum atomic E-state index is -0.698. The van der Waals surface area contributed by atoms with Crippen LogP contribution in [0.5, 0.6) is 5.75 Å². The average molecular weight is 598 g/mol. The Hall–Kier alpha value is -4.03. The third kappa shape index (κ3) is 8.98. The highest BCUT2D eigenvalue weighted by molar-refractivity contribution is 6.21. The Kier molecular flexibility index (Phi) is 11.9. The van der Waals surface area contributed by atoms with Crippen molar-refractivity contribution < 1.29 is 37.7 Å². The molecule has 4 rings (SSSR count). The fourth-order valence-electron chi connectivity index (χ4n) is 4.87. The molecule has 0 bridgehead atoms. The first-order valence-electron chi connectivity index (χ1n) is 14.4. The SMILES string of the molecule is CC(NC(=O)CCCCN=[N+]=[N-])OCCOc1ccc(C2OCC(CCCCN3C(=O)c4ccccc4C3=O)O2)cc1F. The molecule has 0 aliphatic carbocycles. The van der Waals surface area contributed by atoms with Crippen LogP contribution in [0.2, 0.25) is 0 Å². The number of carbonyl (C=O) groups excluding carboxylic acids is 3. The number of hydrogen-bond donors (Lipinski definition) is 1. The Morgan fingerprint density at radius 3 is 2.63 bits per heavy atom. The number of ether oxygens (including phenoxy) is 4. The van der Waals surface area contributed by atoms with Gasteiger partial charge < -0.3 is 24.3 Å². The minimum absolute atomic E-state index is 0.0618. The molecule has 3 unspecified atom stereocenters. The summed E-state index contributed by atoms with van der Waals surface area (Å²) in [6.45, 7) is 2.98. The zero-order valence-electron chi connectivity index (χ0n) is 24.1. The lowest BCUT2D eigenvalue weighted by Crippen LogP contribution is -2.35. The van der Waals surface area contributed by atoms with E-state index in [0.29, 0.717) is 68.5 Å². The number of benzene rings is 2. The summed E-state index contributed by atoms with van der Waals surface area (Å²) in [5.41, 5.74) is 9.67.